The summed E-state index contributed by atoms with van der Waals surface area (Å²) in [4.78, 5) is 35.8. The predicted molar refractivity (Wildman–Crippen MR) is 157 cm³/mol. The Morgan fingerprint density at radius 3 is 2.00 bits per heavy atom. The van der Waals surface area contributed by atoms with E-state index in [0.29, 0.717) is 48.5 Å². The van der Waals surface area contributed by atoms with Crippen LogP contribution in [-0.2, 0) is 17.6 Å². The Balaban J connectivity index is 0.00000371. The van der Waals surface area contributed by atoms with Crippen molar-refractivity contribution < 1.29 is 34.1 Å². The maximum absolute atomic E-state index is 12.2. The number of thioether (sulfide) groups is 1. The zero-order chi connectivity index (χ0) is 29.4. The molecule has 0 heterocycles. The van der Waals surface area contributed by atoms with Crippen molar-refractivity contribution in [3.63, 3.8) is 0 Å². The fourth-order valence-corrected chi connectivity index (χ4v) is 5.04. The summed E-state index contributed by atoms with van der Waals surface area (Å²) in [5.41, 5.74) is 2.47. The first-order valence-corrected chi connectivity index (χ1v) is 14.8. The van der Waals surface area contributed by atoms with Gasteiger partial charge in [-0.1, -0.05) is 40.5 Å². The van der Waals surface area contributed by atoms with Crippen LogP contribution in [0.5, 0.6) is 17.2 Å². The first kappa shape index (κ1) is 34.0. The molecule has 0 radical (unpaired) electrons. The molecular weight excluding hydrogens is 516 g/mol. The number of aromatic hydroxyl groups is 1. The highest BCUT2D eigenvalue weighted by Gasteiger charge is 2.19. The lowest BCUT2D eigenvalue weighted by molar-refractivity contribution is -0.137. The Morgan fingerprint density at radius 1 is 0.821 bits per heavy atom. The molecular formula is C31H44O7S. The summed E-state index contributed by atoms with van der Waals surface area (Å²) in [7, 11) is 0. The number of hydrogen-bond donors (Lipinski definition) is 2. The van der Waals surface area contributed by atoms with Gasteiger partial charge in [0, 0.05) is 28.2 Å². The number of carbonyl (C=O) groups is 3. The molecule has 0 atom stereocenters. The minimum absolute atomic E-state index is 0.00158. The van der Waals surface area contributed by atoms with Crippen molar-refractivity contribution in [1.29, 1.82) is 0 Å². The van der Waals surface area contributed by atoms with Gasteiger partial charge in [-0.25, -0.2) is 0 Å². The minimum atomic E-state index is -0.883. The summed E-state index contributed by atoms with van der Waals surface area (Å²) >= 11 is 1.63. The van der Waals surface area contributed by atoms with Crippen LogP contribution in [0.2, 0.25) is 0 Å². The van der Waals surface area contributed by atoms with Crippen molar-refractivity contribution >= 4 is 29.3 Å². The van der Waals surface area contributed by atoms with Gasteiger partial charge in [0.15, 0.2) is 11.6 Å². The lowest BCUT2D eigenvalue weighted by atomic mass is 10.0. The number of phenolic OH excluding ortho intramolecular Hbond substituents is 1. The fourth-order valence-electron chi connectivity index (χ4n) is 4.02. The molecule has 0 spiro atoms. The lowest BCUT2D eigenvalue weighted by Crippen LogP contribution is -2.10. The third-order valence-corrected chi connectivity index (χ3v) is 6.99. The SMILES string of the molecule is CC.CCCc1c(SCCCOc2ccc(C(C)=O)c(OCCCC(=O)O)c2CCC)ccc(C(C)=O)c1O. The molecule has 2 aromatic rings. The van der Waals surface area contributed by atoms with Crippen LogP contribution in [0.4, 0.5) is 0 Å². The Labute approximate surface area is 237 Å². The van der Waals surface area contributed by atoms with Gasteiger partial charge in [-0.3, -0.25) is 14.4 Å². The topological polar surface area (TPSA) is 110 Å². The van der Waals surface area contributed by atoms with Crippen LogP contribution in [0.25, 0.3) is 0 Å². The van der Waals surface area contributed by atoms with Gasteiger partial charge in [0.25, 0.3) is 0 Å². The molecule has 0 amide bonds. The molecule has 2 N–H and O–H groups in total. The minimum Gasteiger partial charge on any atom is -0.507 e. The zero-order valence-electron chi connectivity index (χ0n) is 24.2. The van der Waals surface area contributed by atoms with Crippen LogP contribution in [0.15, 0.2) is 29.2 Å². The maximum atomic E-state index is 12.2. The number of benzene rings is 2. The number of ketones is 2. The average molecular weight is 561 g/mol. The molecule has 0 unspecified atom stereocenters. The van der Waals surface area contributed by atoms with Gasteiger partial charge in [0.2, 0.25) is 0 Å². The van der Waals surface area contributed by atoms with Crippen molar-refractivity contribution in [3.8, 4) is 17.2 Å². The second-order valence-corrected chi connectivity index (χ2v) is 10.0. The molecule has 0 fully saturated rings. The highest BCUT2D eigenvalue weighted by molar-refractivity contribution is 7.99. The zero-order valence-corrected chi connectivity index (χ0v) is 25.0. The molecule has 0 saturated carbocycles. The smallest absolute Gasteiger partial charge is 0.303 e. The second-order valence-electron chi connectivity index (χ2n) is 8.87. The molecule has 2 rings (SSSR count). The Kier molecular flexibility index (Phi) is 16.0. The predicted octanol–water partition coefficient (Wildman–Crippen LogP) is 7.53. The van der Waals surface area contributed by atoms with E-state index in [9.17, 15) is 19.5 Å². The summed E-state index contributed by atoms with van der Waals surface area (Å²) in [5, 5.41) is 19.5. The van der Waals surface area contributed by atoms with E-state index in [4.69, 9.17) is 14.6 Å². The number of carbonyl (C=O) groups excluding carboxylic acids is 2. The first-order chi connectivity index (χ1) is 18.7. The van der Waals surface area contributed by atoms with Crippen LogP contribution in [0.1, 0.15) is 105 Å². The van der Waals surface area contributed by atoms with E-state index in [1.807, 2.05) is 33.8 Å². The van der Waals surface area contributed by atoms with Gasteiger partial charge in [-0.2, -0.15) is 0 Å². The molecule has 0 saturated heterocycles. The van der Waals surface area contributed by atoms with E-state index >= 15 is 0 Å². The van der Waals surface area contributed by atoms with Crippen molar-refractivity contribution in [2.45, 2.75) is 91.4 Å². The summed E-state index contributed by atoms with van der Waals surface area (Å²) in [6, 6.07) is 7.09. The van der Waals surface area contributed by atoms with Crippen LogP contribution < -0.4 is 9.47 Å². The molecule has 0 aliphatic carbocycles. The molecule has 0 bridgehead atoms. The van der Waals surface area contributed by atoms with Crippen molar-refractivity contribution in [2.75, 3.05) is 19.0 Å². The lowest BCUT2D eigenvalue weighted by Gasteiger charge is -2.19. The number of carboxylic acids is 1. The van der Waals surface area contributed by atoms with Crippen molar-refractivity contribution in [3.05, 3.63) is 46.5 Å². The van der Waals surface area contributed by atoms with Crippen LogP contribution in [0, 0.1) is 0 Å². The van der Waals surface area contributed by atoms with Gasteiger partial charge in [0.05, 0.1) is 24.3 Å². The van der Waals surface area contributed by atoms with E-state index < -0.39 is 5.97 Å². The molecule has 0 aliphatic rings. The number of rotatable bonds is 17. The monoisotopic (exact) mass is 560 g/mol. The fraction of sp³-hybridized carbons (Fsp3) is 0.516. The summed E-state index contributed by atoms with van der Waals surface area (Å²) in [6.45, 7) is 11.7. The summed E-state index contributed by atoms with van der Waals surface area (Å²) < 4.78 is 12.0. The highest BCUT2D eigenvalue weighted by Crippen LogP contribution is 2.36. The number of ether oxygens (including phenoxy) is 2. The van der Waals surface area contributed by atoms with Crippen molar-refractivity contribution in [2.24, 2.45) is 0 Å². The average Bonchev–Trinajstić information content (AvgIpc) is 2.90. The number of hydrogen-bond acceptors (Lipinski definition) is 7. The molecule has 7 nitrogen and oxygen atoms in total. The Bertz CT molecular complexity index is 1090. The van der Waals surface area contributed by atoms with E-state index in [1.165, 1.54) is 13.8 Å². The van der Waals surface area contributed by atoms with Crippen LogP contribution >= 0.6 is 11.8 Å². The number of Topliss-reactive ketones (excluding diaryl/α,β-unsaturated/α-hetero) is 2. The standard InChI is InChI=1S/C29H38O7S.C2H6/c1-5-9-23-25(14-12-22(20(4)31)29(23)36-16-7-11-27(32)33)35-17-8-18-37-26-15-13-21(19(3)30)28(34)24(26)10-6-2;1-2/h12-15,34H,5-11,16-18H2,1-4H3,(H,32,33);1-2H3. The van der Waals surface area contributed by atoms with E-state index in [-0.39, 0.29) is 30.3 Å². The normalized spacial score (nSPS) is 10.4. The summed E-state index contributed by atoms with van der Waals surface area (Å²) in [6.07, 6.45) is 4.17. The quantitative estimate of drug-likeness (QED) is 0.116. The second kappa shape index (κ2) is 18.3. The van der Waals surface area contributed by atoms with Crippen molar-refractivity contribution in [1.82, 2.24) is 0 Å². The van der Waals surface area contributed by atoms with Gasteiger partial charge >= 0.3 is 5.97 Å². The number of carboxylic acid groups (broad SMARTS) is 1. The van der Waals surface area contributed by atoms with Gasteiger partial charge < -0.3 is 19.7 Å². The van der Waals surface area contributed by atoms with Gasteiger partial charge in [0.1, 0.15) is 17.2 Å². The van der Waals surface area contributed by atoms with E-state index in [1.54, 1.807) is 30.0 Å². The molecule has 8 heteroatoms. The van der Waals surface area contributed by atoms with Crippen LogP contribution in [-0.4, -0.2) is 46.7 Å². The van der Waals surface area contributed by atoms with Crippen LogP contribution in [0.3, 0.4) is 0 Å². The van der Waals surface area contributed by atoms with Gasteiger partial charge in [-0.15, -0.1) is 11.8 Å². The highest BCUT2D eigenvalue weighted by atomic mass is 32.2. The van der Waals surface area contributed by atoms with E-state index in [0.717, 1.165) is 41.0 Å². The maximum Gasteiger partial charge on any atom is 0.303 e. The molecule has 0 aromatic heterocycles. The first-order valence-electron chi connectivity index (χ1n) is 13.8. The third-order valence-electron chi connectivity index (χ3n) is 5.80. The third kappa shape index (κ3) is 10.6. The summed E-state index contributed by atoms with van der Waals surface area (Å²) in [5.74, 6) is 0.853. The molecule has 39 heavy (non-hydrogen) atoms. The Hall–Kier alpha value is -3.00. The number of phenols is 1. The molecule has 2 aromatic carbocycles. The molecule has 0 aliphatic heterocycles. The Morgan fingerprint density at radius 2 is 1.41 bits per heavy atom. The number of aliphatic carboxylic acids is 1. The largest absolute Gasteiger partial charge is 0.507 e. The van der Waals surface area contributed by atoms with Gasteiger partial charge in [-0.05, 0) is 63.8 Å². The molecule has 216 valence electrons. The van der Waals surface area contributed by atoms with E-state index in [2.05, 4.69) is 0 Å².